The molecule has 0 spiro atoms. The molecule has 1 unspecified atom stereocenters. The van der Waals surface area contributed by atoms with Crippen molar-refractivity contribution in [2.24, 2.45) is 4.99 Å². The lowest BCUT2D eigenvalue weighted by molar-refractivity contribution is -0.143. The topological polar surface area (TPSA) is 105 Å². The van der Waals surface area contributed by atoms with E-state index in [4.69, 9.17) is 4.74 Å². The van der Waals surface area contributed by atoms with Gasteiger partial charge in [0.25, 0.3) is 10.0 Å². The van der Waals surface area contributed by atoms with Crippen LogP contribution in [0.2, 0.25) is 0 Å². The van der Waals surface area contributed by atoms with E-state index < -0.39 is 21.5 Å². The highest BCUT2D eigenvalue weighted by Gasteiger charge is 2.44. The Bertz CT molecular complexity index is 704. The number of hydrogen-bond acceptors (Lipinski definition) is 5. The number of carboxylic acid groups (broad SMARTS) is 1. The Hall–Kier alpha value is -1.93. The summed E-state index contributed by atoms with van der Waals surface area (Å²) < 4.78 is 31.3. The first-order valence-corrected chi connectivity index (χ1v) is 7.46. The highest BCUT2D eigenvalue weighted by Crippen LogP contribution is 2.28. The van der Waals surface area contributed by atoms with Crippen molar-refractivity contribution in [2.45, 2.75) is 16.9 Å². The minimum Gasteiger partial charge on any atom is -0.479 e. The molecule has 0 radical (unpaired) electrons. The van der Waals surface area contributed by atoms with Crippen LogP contribution >= 0.6 is 0 Å². The number of aliphatic imine (C=N–C) groups is 1. The van der Waals surface area contributed by atoms with Gasteiger partial charge >= 0.3 is 5.97 Å². The molecule has 2 aliphatic rings. The molecule has 2 aliphatic heterocycles. The molecular weight excluding hydrogens is 284 g/mol. The van der Waals surface area contributed by atoms with Gasteiger partial charge in [0.15, 0.2) is 5.54 Å². The number of nitrogens with zero attached hydrogens (tertiary/aromatic N) is 1. The normalized spacial score (nSPS) is 29.1. The average molecular weight is 296 g/mol. The third-order valence-corrected chi connectivity index (χ3v) is 4.78. The molecule has 1 aromatic rings. The molecule has 0 bridgehead atoms. The lowest BCUT2D eigenvalue weighted by Crippen LogP contribution is -2.40. The fourth-order valence-electron chi connectivity index (χ4n) is 2.29. The van der Waals surface area contributed by atoms with Gasteiger partial charge in [-0.15, -0.1) is 0 Å². The van der Waals surface area contributed by atoms with E-state index in [2.05, 4.69) is 9.71 Å². The van der Waals surface area contributed by atoms with Gasteiger partial charge in [0.1, 0.15) is 5.84 Å². The quantitative estimate of drug-likeness (QED) is 0.797. The van der Waals surface area contributed by atoms with Crippen molar-refractivity contribution in [3.8, 4) is 0 Å². The van der Waals surface area contributed by atoms with Crippen LogP contribution in [0, 0.1) is 0 Å². The van der Waals surface area contributed by atoms with E-state index in [9.17, 15) is 18.3 Å². The van der Waals surface area contributed by atoms with Gasteiger partial charge in [-0.2, -0.15) is 0 Å². The molecule has 8 heteroatoms. The van der Waals surface area contributed by atoms with Gasteiger partial charge in [0.05, 0.1) is 11.5 Å². The summed E-state index contributed by atoms with van der Waals surface area (Å²) in [6, 6.07) is 6.33. The zero-order valence-electron chi connectivity index (χ0n) is 10.4. The standard InChI is InChI=1S/C12H12N2O5S/c15-11(16)12(5-6-19-7-12)13-10-8-3-1-2-4-9(8)20(17,18)14-10/h1-4H,5-7H2,(H,13,14)(H,15,16). The predicted octanol–water partition coefficient (Wildman–Crippen LogP) is -0.0312. The van der Waals surface area contributed by atoms with Crippen molar-refractivity contribution in [1.82, 2.24) is 4.72 Å². The molecule has 106 valence electrons. The zero-order valence-corrected chi connectivity index (χ0v) is 11.2. The molecule has 2 N–H and O–H groups in total. The number of nitrogens with one attached hydrogen (secondary N) is 1. The molecule has 0 aromatic heterocycles. The van der Waals surface area contributed by atoms with Gasteiger partial charge in [-0.3, -0.25) is 4.72 Å². The van der Waals surface area contributed by atoms with Crippen molar-refractivity contribution in [3.05, 3.63) is 29.8 Å². The molecular formula is C12H12N2O5S. The summed E-state index contributed by atoms with van der Waals surface area (Å²) >= 11 is 0. The lowest BCUT2D eigenvalue weighted by atomic mass is 10.00. The van der Waals surface area contributed by atoms with Gasteiger partial charge in [-0.25, -0.2) is 18.2 Å². The minimum absolute atomic E-state index is 0.0598. The fourth-order valence-corrected chi connectivity index (χ4v) is 3.52. The first-order valence-electron chi connectivity index (χ1n) is 5.98. The summed E-state index contributed by atoms with van der Waals surface area (Å²) in [6.07, 6.45) is 0.218. The molecule has 1 fully saturated rings. The molecule has 2 heterocycles. The molecule has 3 rings (SSSR count). The molecule has 20 heavy (non-hydrogen) atoms. The summed E-state index contributed by atoms with van der Waals surface area (Å²) in [5.74, 6) is -1.06. The summed E-state index contributed by atoms with van der Waals surface area (Å²) in [5.41, 5.74) is -1.03. The third kappa shape index (κ3) is 1.88. The highest BCUT2D eigenvalue weighted by atomic mass is 32.2. The van der Waals surface area contributed by atoms with E-state index in [1.54, 1.807) is 18.2 Å². The van der Waals surface area contributed by atoms with E-state index in [0.29, 0.717) is 5.56 Å². The van der Waals surface area contributed by atoms with Gasteiger partial charge in [-0.05, 0) is 12.1 Å². The Balaban J connectivity index is 2.13. The van der Waals surface area contributed by atoms with Crippen molar-refractivity contribution in [2.75, 3.05) is 13.2 Å². The first kappa shape index (κ1) is 13.1. The first-order chi connectivity index (χ1) is 9.45. The predicted molar refractivity (Wildman–Crippen MR) is 69.1 cm³/mol. The summed E-state index contributed by atoms with van der Waals surface area (Å²) in [5, 5.41) is 9.34. The van der Waals surface area contributed by atoms with Crippen LogP contribution in [0.1, 0.15) is 12.0 Å². The number of sulfonamides is 1. The van der Waals surface area contributed by atoms with Crippen molar-refractivity contribution in [3.63, 3.8) is 0 Å². The van der Waals surface area contributed by atoms with E-state index in [1.165, 1.54) is 6.07 Å². The van der Waals surface area contributed by atoms with Gasteiger partial charge in [0.2, 0.25) is 0 Å². The summed E-state index contributed by atoms with van der Waals surface area (Å²) in [6.45, 7) is 0.229. The largest absolute Gasteiger partial charge is 0.479 e. The highest BCUT2D eigenvalue weighted by molar-refractivity contribution is 7.90. The number of hydrogen-bond donors (Lipinski definition) is 2. The van der Waals surface area contributed by atoms with Gasteiger partial charge in [-0.1, -0.05) is 12.1 Å². The summed E-state index contributed by atoms with van der Waals surface area (Å²) in [4.78, 5) is 15.7. The zero-order chi connectivity index (χ0) is 14.4. The van der Waals surface area contributed by atoms with E-state index in [0.717, 1.165) is 0 Å². The van der Waals surface area contributed by atoms with E-state index in [-0.39, 0.29) is 30.4 Å². The SMILES string of the molecule is O=C(O)C1(N=C2NS(=O)(=O)c3ccccc32)CCOC1. The molecule has 1 aromatic carbocycles. The second-order valence-corrected chi connectivity index (χ2v) is 6.35. The number of carbonyl (C=O) groups is 1. The van der Waals surface area contributed by atoms with Crippen molar-refractivity contribution < 1.29 is 23.1 Å². The summed E-state index contributed by atoms with van der Waals surface area (Å²) in [7, 11) is -3.66. The average Bonchev–Trinajstić information content (AvgIpc) is 2.96. The molecule has 0 amide bonds. The Kier molecular flexibility index (Phi) is 2.80. The Morgan fingerprint density at radius 1 is 1.40 bits per heavy atom. The van der Waals surface area contributed by atoms with Crippen LogP contribution < -0.4 is 4.72 Å². The second-order valence-electron chi connectivity index (χ2n) is 4.70. The number of carboxylic acids is 1. The van der Waals surface area contributed by atoms with Crippen LogP contribution in [0.3, 0.4) is 0 Å². The van der Waals surface area contributed by atoms with Crippen LogP contribution in [0.25, 0.3) is 0 Å². The fraction of sp³-hybridized carbons (Fsp3) is 0.333. The van der Waals surface area contributed by atoms with E-state index in [1.807, 2.05) is 0 Å². The molecule has 7 nitrogen and oxygen atoms in total. The number of aliphatic carboxylic acids is 1. The number of amidine groups is 1. The van der Waals surface area contributed by atoms with Crippen LogP contribution in [0.15, 0.2) is 34.2 Å². The Morgan fingerprint density at radius 2 is 2.15 bits per heavy atom. The van der Waals surface area contributed by atoms with Crippen LogP contribution in [-0.4, -0.2) is 44.1 Å². The maximum atomic E-state index is 11.9. The monoisotopic (exact) mass is 296 g/mol. The van der Waals surface area contributed by atoms with Crippen LogP contribution in [0.5, 0.6) is 0 Å². The molecule has 1 atom stereocenters. The minimum atomic E-state index is -3.66. The maximum Gasteiger partial charge on any atom is 0.334 e. The van der Waals surface area contributed by atoms with Gasteiger partial charge < -0.3 is 9.84 Å². The molecule has 0 saturated carbocycles. The third-order valence-electron chi connectivity index (χ3n) is 3.39. The number of ether oxygens (including phenoxy) is 1. The number of benzene rings is 1. The number of fused-ring (bicyclic) bond motifs is 1. The number of rotatable bonds is 2. The Morgan fingerprint density at radius 3 is 2.80 bits per heavy atom. The molecule has 0 aliphatic carbocycles. The van der Waals surface area contributed by atoms with Crippen molar-refractivity contribution in [1.29, 1.82) is 0 Å². The maximum absolute atomic E-state index is 11.9. The second kappa shape index (κ2) is 4.29. The van der Waals surface area contributed by atoms with Crippen molar-refractivity contribution >= 4 is 21.8 Å². The van der Waals surface area contributed by atoms with E-state index >= 15 is 0 Å². The lowest BCUT2D eigenvalue weighted by Gasteiger charge is -2.17. The molecule has 1 saturated heterocycles. The Labute approximate surface area is 115 Å². The van der Waals surface area contributed by atoms with Crippen LogP contribution in [-0.2, 0) is 19.6 Å². The smallest absolute Gasteiger partial charge is 0.334 e. The van der Waals surface area contributed by atoms with Gasteiger partial charge in [0, 0.05) is 18.6 Å². The van der Waals surface area contributed by atoms with Crippen LogP contribution in [0.4, 0.5) is 0 Å².